The lowest BCUT2D eigenvalue weighted by molar-refractivity contribution is -0.124. The monoisotopic (exact) mass is 364 g/mol. The lowest BCUT2D eigenvalue weighted by Gasteiger charge is -2.12. The molecule has 5 heteroatoms. The number of hydrogen-bond acceptors (Lipinski definition) is 2. The number of halogens is 1. The fourth-order valence-electron chi connectivity index (χ4n) is 2.09. The van der Waals surface area contributed by atoms with E-state index < -0.39 is 0 Å². The molecule has 0 spiro atoms. The number of hydrogen-bond donors (Lipinski definition) is 2. The van der Waals surface area contributed by atoms with Crippen LogP contribution in [0.15, 0.2) is 34.8 Å². The number of carbonyl (C=O) groups is 2. The summed E-state index contributed by atoms with van der Waals surface area (Å²) in [5.74, 6) is -0.149. The van der Waals surface area contributed by atoms with Crippen LogP contribution in [0.4, 0.5) is 0 Å². The predicted octanol–water partition coefficient (Wildman–Crippen LogP) is 2.88. The molecule has 0 bridgehead atoms. The average Bonchev–Trinajstić information content (AvgIpc) is 3.27. The van der Waals surface area contributed by atoms with Crippen molar-refractivity contribution in [3.63, 3.8) is 0 Å². The molecule has 22 heavy (non-hydrogen) atoms. The van der Waals surface area contributed by atoms with Crippen LogP contribution in [-0.2, 0) is 9.59 Å². The normalized spacial score (nSPS) is 14.8. The summed E-state index contributed by atoms with van der Waals surface area (Å²) in [7, 11) is 0. The van der Waals surface area contributed by atoms with Crippen molar-refractivity contribution in [3.8, 4) is 0 Å². The lowest BCUT2D eigenvalue weighted by Crippen LogP contribution is -2.37. The summed E-state index contributed by atoms with van der Waals surface area (Å²) >= 11 is 3.40. The highest BCUT2D eigenvalue weighted by molar-refractivity contribution is 9.10. The molecule has 1 fully saturated rings. The Hall–Kier alpha value is -1.62. The molecule has 0 aliphatic heterocycles. The van der Waals surface area contributed by atoms with Crippen molar-refractivity contribution < 1.29 is 9.59 Å². The first-order valence-electron chi connectivity index (χ1n) is 7.50. The molecule has 2 rings (SSSR count). The van der Waals surface area contributed by atoms with Crippen molar-refractivity contribution in [2.75, 3.05) is 6.54 Å². The largest absolute Gasteiger partial charge is 0.352 e. The number of rotatable bonds is 6. The molecule has 118 valence electrons. The van der Waals surface area contributed by atoms with Gasteiger partial charge >= 0.3 is 0 Å². The van der Waals surface area contributed by atoms with Crippen LogP contribution in [0.2, 0.25) is 0 Å². The van der Waals surface area contributed by atoms with E-state index in [1.165, 1.54) is 0 Å². The van der Waals surface area contributed by atoms with E-state index in [1.807, 2.05) is 38.1 Å². The van der Waals surface area contributed by atoms with Gasteiger partial charge in [-0.15, -0.1) is 0 Å². The van der Waals surface area contributed by atoms with Crippen LogP contribution >= 0.6 is 15.9 Å². The van der Waals surface area contributed by atoms with Crippen molar-refractivity contribution in [1.82, 2.24) is 10.6 Å². The van der Waals surface area contributed by atoms with Gasteiger partial charge in [-0.3, -0.25) is 9.59 Å². The summed E-state index contributed by atoms with van der Waals surface area (Å²) < 4.78 is 1.00. The van der Waals surface area contributed by atoms with Crippen molar-refractivity contribution >= 4 is 33.3 Å². The third-order valence-corrected chi connectivity index (χ3v) is 3.98. The molecule has 0 atom stereocenters. The second-order valence-electron chi connectivity index (χ2n) is 5.82. The number of carbonyl (C=O) groups excluding carboxylic acids is 2. The molecule has 1 aromatic rings. The van der Waals surface area contributed by atoms with Gasteiger partial charge in [-0.05, 0) is 42.0 Å². The first-order chi connectivity index (χ1) is 10.5. The minimum atomic E-state index is -0.238. The second kappa shape index (κ2) is 7.58. The molecule has 0 aromatic heterocycles. The van der Waals surface area contributed by atoms with Crippen LogP contribution in [0.3, 0.4) is 0 Å². The highest BCUT2D eigenvalue weighted by Crippen LogP contribution is 2.24. The standard InChI is InChI=1S/C17H21BrN2O2/c1-11(2)15(12-3-5-13(18)6-4-12)9-16(21)19-10-17(22)20-14-7-8-14/h3-6,9,11,14H,7-8,10H2,1-2H3,(H,19,21)(H,20,22)/b15-9+. The van der Waals surface area contributed by atoms with Gasteiger partial charge < -0.3 is 10.6 Å². The maximum Gasteiger partial charge on any atom is 0.244 e. The van der Waals surface area contributed by atoms with Crippen molar-refractivity contribution in [3.05, 3.63) is 40.4 Å². The quantitative estimate of drug-likeness (QED) is 0.762. The van der Waals surface area contributed by atoms with Crippen LogP contribution in [0.1, 0.15) is 32.3 Å². The summed E-state index contributed by atoms with van der Waals surface area (Å²) in [6, 6.07) is 8.17. The molecule has 2 amide bonds. The molecule has 1 aliphatic carbocycles. The Morgan fingerprint density at radius 2 is 1.91 bits per heavy atom. The first kappa shape index (κ1) is 16.7. The minimum Gasteiger partial charge on any atom is -0.352 e. The summed E-state index contributed by atoms with van der Waals surface area (Å²) in [4.78, 5) is 23.6. The lowest BCUT2D eigenvalue weighted by atomic mass is 9.95. The van der Waals surface area contributed by atoms with Gasteiger partial charge in [0.25, 0.3) is 0 Å². The molecule has 1 saturated carbocycles. The Morgan fingerprint density at radius 3 is 2.45 bits per heavy atom. The maximum atomic E-state index is 12.0. The Labute approximate surface area is 139 Å². The molecule has 0 saturated heterocycles. The van der Waals surface area contributed by atoms with Crippen LogP contribution in [0, 0.1) is 5.92 Å². The second-order valence-corrected chi connectivity index (χ2v) is 6.74. The maximum absolute atomic E-state index is 12.0. The van der Waals surface area contributed by atoms with Gasteiger partial charge in [0.15, 0.2) is 0 Å². The third-order valence-electron chi connectivity index (χ3n) is 3.45. The van der Waals surface area contributed by atoms with E-state index >= 15 is 0 Å². The minimum absolute atomic E-state index is 0.0253. The number of nitrogens with one attached hydrogen (secondary N) is 2. The number of benzene rings is 1. The van der Waals surface area contributed by atoms with Gasteiger partial charge in [0.2, 0.25) is 11.8 Å². The highest BCUT2D eigenvalue weighted by atomic mass is 79.9. The fourth-order valence-corrected chi connectivity index (χ4v) is 2.36. The van der Waals surface area contributed by atoms with Gasteiger partial charge in [0, 0.05) is 16.6 Å². The van der Waals surface area contributed by atoms with Gasteiger partial charge in [-0.2, -0.15) is 0 Å². The highest BCUT2D eigenvalue weighted by Gasteiger charge is 2.23. The molecule has 0 radical (unpaired) electrons. The van der Waals surface area contributed by atoms with E-state index in [2.05, 4.69) is 26.6 Å². The van der Waals surface area contributed by atoms with E-state index in [0.29, 0.717) is 6.04 Å². The van der Waals surface area contributed by atoms with Gasteiger partial charge in [0.05, 0.1) is 6.54 Å². The van der Waals surface area contributed by atoms with Crippen molar-refractivity contribution in [2.45, 2.75) is 32.7 Å². The molecule has 1 aromatic carbocycles. The first-order valence-corrected chi connectivity index (χ1v) is 8.29. The van der Waals surface area contributed by atoms with Crippen LogP contribution in [0.5, 0.6) is 0 Å². The predicted molar refractivity (Wildman–Crippen MR) is 91.1 cm³/mol. The number of amides is 2. The fraction of sp³-hybridized carbons (Fsp3) is 0.412. The zero-order valence-corrected chi connectivity index (χ0v) is 14.4. The van der Waals surface area contributed by atoms with Gasteiger partial charge in [0.1, 0.15) is 0 Å². The molecule has 4 nitrogen and oxygen atoms in total. The van der Waals surface area contributed by atoms with Crippen molar-refractivity contribution in [2.24, 2.45) is 5.92 Å². The van der Waals surface area contributed by atoms with Gasteiger partial charge in [-0.1, -0.05) is 41.9 Å². The Balaban J connectivity index is 1.97. The van der Waals surface area contributed by atoms with Crippen molar-refractivity contribution in [1.29, 1.82) is 0 Å². The number of allylic oxidation sites excluding steroid dienone is 1. The van der Waals surface area contributed by atoms with E-state index in [4.69, 9.17) is 0 Å². The van der Waals surface area contributed by atoms with Crippen LogP contribution in [0.25, 0.3) is 5.57 Å². The Morgan fingerprint density at radius 1 is 1.27 bits per heavy atom. The summed E-state index contributed by atoms with van der Waals surface area (Å²) in [5.41, 5.74) is 1.96. The van der Waals surface area contributed by atoms with Crippen LogP contribution in [-0.4, -0.2) is 24.4 Å². The molecular formula is C17H21BrN2O2. The van der Waals surface area contributed by atoms with E-state index in [-0.39, 0.29) is 24.3 Å². The summed E-state index contributed by atoms with van der Waals surface area (Å²) in [5, 5.41) is 5.49. The smallest absolute Gasteiger partial charge is 0.244 e. The summed E-state index contributed by atoms with van der Waals surface area (Å²) in [6.45, 7) is 4.11. The molecule has 0 heterocycles. The average molecular weight is 365 g/mol. The third kappa shape index (κ3) is 5.30. The zero-order valence-electron chi connectivity index (χ0n) is 12.9. The SMILES string of the molecule is CC(C)/C(=C\C(=O)NCC(=O)NC1CC1)c1ccc(Br)cc1. The van der Waals surface area contributed by atoms with E-state index in [9.17, 15) is 9.59 Å². The zero-order chi connectivity index (χ0) is 16.1. The topological polar surface area (TPSA) is 58.2 Å². The Kier molecular flexibility index (Phi) is 5.77. The van der Waals surface area contributed by atoms with E-state index in [0.717, 1.165) is 28.5 Å². The molecule has 1 aliphatic rings. The Bertz CT molecular complexity index is 575. The molecule has 0 unspecified atom stereocenters. The molecular weight excluding hydrogens is 344 g/mol. The van der Waals surface area contributed by atoms with Crippen LogP contribution < -0.4 is 10.6 Å². The van der Waals surface area contributed by atoms with Gasteiger partial charge in [-0.25, -0.2) is 0 Å². The summed E-state index contributed by atoms with van der Waals surface area (Å²) in [6.07, 6.45) is 3.67. The van der Waals surface area contributed by atoms with E-state index in [1.54, 1.807) is 6.08 Å². The molecule has 2 N–H and O–H groups in total.